The standard InChI is InChI=1S/C23H23ClNO5PS/c1-14-3-8-20(15(2)11-14)31(28,30-18-9-10-29-13-18)25-19-12-21(32-22(19)23(26)27)16-4-6-17(24)7-5-16/h3-8,11-12,18H,9-10,13H2,1-2H3,(H,25,28)(H,26,27). The first-order chi connectivity index (χ1) is 15.2. The summed E-state index contributed by atoms with van der Waals surface area (Å²) in [5.41, 5.74) is 2.93. The zero-order chi connectivity index (χ0) is 22.9. The molecule has 4 rings (SSSR count). The maximum Gasteiger partial charge on any atom is 0.348 e. The van der Waals surface area contributed by atoms with Gasteiger partial charge in [-0.1, -0.05) is 41.4 Å². The van der Waals surface area contributed by atoms with Gasteiger partial charge in [0, 0.05) is 16.5 Å². The molecule has 32 heavy (non-hydrogen) atoms. The summed E-state index contributed by atoms with van der Waals surface area (Å²) >= 11 is 7.09. The van der Waals surface area contributed by atoms with Crippen LogP contribution >= 0.6 is 30.5 Å². The molecule has 1 aliphatic rings. The zero-order valence-corrected chi connectivity index (χ0v) is 20.1. The van der Waals surface area contributed by atoms with E-state index < -0.39 is 13.5 Å². The van der Waals surface area contributed by atoms with Gasteiger partial charge in [0.2, 0.25) is 0 Å². The van der Waals surface area contributed by atoms with Gasteiger partial charge < -0.3 is 19.5 Å². The molecule has 1 aliphatic heterocycles. The molecule has 0 radical (unpaired) electrons. The highest BCUT2D eigenvalue weighted by molar-refractivity contribution is 7.68. The van der Waals surface area contributed by atoms with E-state index in [2.05, 4.69) is 5.09 Å². The second kappa shape index (κ2) is 9.38. The summed E-state index contributed by atoms with van der Waals surface area (Å²) in [7, 11) is -3.66. The van der Waals surface area contributed by atoms with Crippen LogP contribution in [0.4, 0.5) is 5.69 Å². The van der Waals surface area contributed by atoms with E-state index in [1.807, 2.05) is 38.1 Å². The molecule has 3 aromatic rings. The van der Waals surface area contributed by atoms with Gasteiger partial charge in [0.1, 0.15) is 4.88 Å². The number of carbonyl (C=O) groups is 1. The Balaban J connectivity index is 1.76. The van der Waals surface area contributed by atoms with Crippen molar-refractivity contribution in [3.63, 3.8) is 0 Å². The monoisotopic (exact) mass is 491 g/mol. The second-order valence-corrected chi connectivity index (χ2v) is 11.2. The number of carboxylic acids is 1. The fourth-order valence-corrected chi connectivity index (χ4v) is 6.96. The highest BCUT2D eigenvalue weighted by Gasteiger charge is 2.35. The van der Waals surface area contributed by atoms with E-state index >= 15 is 0 Å². The van der Waals surface area contributed by atoms with E-state index in [4.69, 9.17) is 20.9 Å². The Morgan fingerprint density at radius 2 is 1.97 bits per heavy atom. The van der Waals surface area contributed by atoms with Gasteiger partial charge in [-0.3, -0.25) is 4.57 Å². The lowest BCUT2D eigenvalue weighted by atomic mass is 10.2. The number of aromatic carboxylic acids is 1. The number of hydrogen-bond donors (Lipinski definition) is 2. The topological polar surface area (TPSA) is 84.9 Å². The summed E-state index contributed by atoms with van der Waals surface area (Å²) < 4.78 is 25.7. The molecule has 2 N–H and O–H groups in total. The van der Waals surface area contributed by atoms with E-state index in [9.17, 15) is 14.5 Å². The number of nitrogens with one attached hydrogen (secondary N) is 1. The van der Waals surface area contributed by atoms with Crippen molar-refractivity contribution < 1.29 is 23.7 Å². The number of thiophene rings is 1. The van der Waals surface area contributed by atoms with Crippen LogP contribution in [0.5, 0.6) is 0 Å². The number of ether oxygens (including phenoxy) is 1. The number of halogens is 1. The van der Waals surface area contributed by atoms with E-state index in [0.717, 1.165) is 32.9 Å². The third-order valence-corrected chi connectivity index (χ3v) is 8.87. The van der Waals surface area contributed by atoms with Crippen LogP contribution in [-0.4, -0.2) is 30.4 Å². The molecule has 0 saturated carbocycles. The smallest absolute Gasteiger partial charge is 0.348 e. The molecule has 2 heterocycles. The van der Waals surface area contributed by atoms with Gasteiger partial charge in [-0.15, -0.1) is 11.3 Å². The molecule has 1 aromatic heterocycles. The Kier molecular flexibility index (Phi) is 6.75. The summed E-state index contributed by atoms with van der Waals surface area (Å²) in [5.74, 6) is -1.10. The number of aryl methyl sites for hydroxylation is 2. The summed E-state index contributed by atoms with van der Waals surface area (Å²) in [4.78, 5) is 12.8. The average Bonchev–Trinajstić information content (AvgIpc) is 3.38. The quantitative estimate of drug-likeness (QED) is 0.387. The van der Waals surface area contributed by atoms with Crippen LogP contribution in [-0.2, 0) is 13.8 Å². The van der Waals surface area contributed by atoms with Crippen LogP contribution in [0.2, 0.25) is 5.02 Å². The minimum absolute atomic E-state index is 0.0613. The Hall–Kier alpha value is -2.15. The third-order valence-electron chi connectivity index (χ3n) is 5.18. The van der Waals surface area contributed by atoms with Crippen LogP contribution in [0.1, 0.15) is 27.2 Å². The predicted molar refractivity (Wildman–Crippen MR) is 129 cm³/mol. The molecule has 2 aromatic carbocycles. The number of rotatable bonds is 7. The molecule has 6 nitrogen and oxygen atoms in total. The molecular formula is C23H23ClNO5PS. The number of carboxylic acid groups (broad SMARTS) is 1. The Morgan fingerprint density at radius 3 is 2.59 bits per heavy atom. The van der Waals surface area contributed by atoms with Crippen molar-refractivity contribution in [3.8, 4) is 10.4 Å². The first-order valence-electron chi connectivity index (χ1n) is 10.1. The van der Waals surface area contributed by atoms with Crippen molar-refractivity contribution in [2.45, 2.75) is 26.4 Å². The number of benzene rings is 2. The molecule has 0 spiro atoms. The Bertz CT molecular complexity index is 1190. The molecule has 0 amide bonds. The molecule has 168 valence electrons. The summed E-state index contributed by atoms with van der Waals surface area (Å²) in [6.45, 7) is 4.72. The Labute approximate surface area is 195 Å². The number of hydrogen-bond acceptors (Lipinski definition) is 5. The van der Waals surface area contributed by atoms with Crippen molar-refractivity contribution in [2.75, 3.05) is 18.3 Å². The van der Waals surface area contributed by atoms with E-state index in [1.165, 1.54) is 0 Å². The molecule has 2 atom stereocenters. The van der Waals surface area contributed by atoms with Crippen LogP contribution in [0.15, 0.2) is 48.5 Å². The lowest BCUT2D eigenvalue weighted by Gasteiger charge is -2.25. The van der Waals surface area contributed by atoms with Crippen LogP contribution in [0.25, 0.3) is 10.4 Å². The SMILES string of the molecule is Cc1ccc(P(=O)(Nc2cc(-c3ccc(Cl)cc3)sc2C(=O)O)OC2CCOC2)c(C)c1. The lowest BCUT2D eigenvalue weighted by Crippen LogP contribution is -2.23. The summed E-state index contributed by atoms with van der Waals surface area (Å²) in [6, 6.07) is 14.4. The normalized spacial score (nSPS) is 17.8. The van der Waals surface area contributed by atoms with E-state index in [1.54, 1.807) is 24.3 Å². The Morgan fingerprint density at radius 1 is 1.22 bits per heavy atom. The van der Waals surface area contributed by atoms with Gasteiger partial charge in [-0.2, -0.15) is 0 Å². The highest BCUT2D eigenvalue weighted by Crippen LogP contribution is 2.51. The van der Waals surface area contributed by atoms with Crippen LogP contribution < -0.4 is 10.4 Å². The van der Waals surface area contributed by atoms with Crippen molar-refractivity contribution in [1.29, 1.82) is 0 Å². The fraction of sp³-hybridized carbons (Fsp3) is 0.261. The van der Waals surface area contributed by atoms with Gasteiger partial charge in [0.15, 0.2) is 0 Å². The molecule has 9 heteroatoms. The second-order valence-electron chi connectivity index (χ2n) is 7.71. The van der Waals surface area contributed by atoms with E-state index in [-0.39, 0.29) is 16.7 Å². The minimum Gasteiger partial charge on any atom is -0.477 e. The van der Waals surface area contributed by atoms with Gasteiger partial charge in [-0.05, 0) is 55.7 Å². The molecular weight excluding hydrogens is 469 g/mol. The molecule has 1 saturated heterocycles. The first kappa shape index (κ1) is 23.0. The lowest BCUT2D eigenvalue weighted by molar-refractivity contribution is 0.0703. The summed E-state index contributed by atoms with van der Waals surface area (Å²) in [5, 5.41) is 13.9. The maximum absolute atomic E-state index is 14.2. The number of anilines is 1. The van der Waals surface area contributed by atoms with Crippen molar-refractivity contribution in [3.05, 3.63) is 69.6 Å². The van der Waals surface area contributed by atoms with Crippen molar-refractivity contribution in [2.24, 2.45) is 0 Å². The zero-order valence-electron chi connectivity index (χ0n) is 17.6. The van der Waals surface area contributed by atoms with Gasteiger partial charge in [0.25, 0.3) is 0 Å². The molecule has 2 unspecified atom stereocenters. The van der Waals surface area contributed by atoms with E-state index in [0.29, 0.717) is 30.0 Å². The van der Waals surface area contributed by atoms with Gasteiger partial charge >= 0.3 is 13.5 Å². The van der Waals surface area contributed by atoms with Crippen molar-refractivity contribution >= 4 is 47.4 Å². The third kappa shape index (κ3) is 4.92. The van der Waals surface area contributed by atoms with Gasteiger partial charge in [0.05, 0.1) is 23.7 Å². The largest absolute Gasteiger partial charge is 0.477 e. The first-order valence-corrected chi connectivity index (χ1v) is 12.9. The highest BCUT2D eigenvalue weighted by atomic mass is 35.5. The van der Waals surface area contributed by atoms with Crippen LogP contribution in [0.3, 0.4) is 0 Å². The van der Waals surface area contributed by atoms with Gasteiger partial charge in [-0.25, -0.2) is 4.79 Å². The predicted octanol–water partition coefficient (Wildman–Crippen LogP) is 6.12. The summed E-state index contributed by atoms with van der Waals surface area (Å²) in [6.07, 6.45) is 0.291. The average molecular weight is 492 g/mol. The van der Waals surface area contributed by atoms with Crippen LogP contribution in [0, 0.1) is 13.8 Å². The fourth-order valence-electron chi connectivity index (χ4n) is 3.63. The molecule has 0 aliphatic carbocycles. The minimum atomic E-state index is -3.66. The molecule has 1 fully saturated rings. The van der Waals surface area contributed by atoms with Crippen molar-refractivity contribution in [1.82, 2.24) is 0 Å². The maximum atomic E-state index is 14.2. The molecule has 0 bridgehead atoms.